The second kappa shape index (κ2) is 9.04. The van der Waals surface area contributed by atoms with Gasteiger partial charge in [-0.25, -0.2) is 0 Å². The number of carbonyl (C=O) groups is 2. The van der Waals surface area contributed by atoms with Crippen molar-refractivity contribution in [2.45, 2.75) is 46.8 Å². The number of benzene rings is 2. The van der Waals surface area contributed by atoms with Crippen LogP contribution in [0.3, 0.4) is 0 Å². The maximum atomic E-state index is 12.7. The van der Waals surface area contributed by atoms with E-state index < -0.39 is 0 Å². The average molecular weight is 434 g/mol. The molecular weight excluding hydrogens is 410 g/mol. The highest BCUT2D eigenvalue weighted by Gasteiger charge is 2.17. The molecule has 1 N–H and O–H groups in total. The molecule has 2 aromatic carbocycles. The van der Waals surface area contributed by atoms with E-state index >= 15 is 0 Å². The van der Waals surface area contributed by atoms with E-state index in [1.54, 1.807) is 36.4 Å². The maximum Gasteiger partial charge on any atom is 0.255 e. The van der Waals surface area contributed by atoms with Gasteiger partial charge in [0, 0.05) is 16.8 Å². The van der Waals surface area contributed by atoms with E-state index in [1.807, 2.05) is 27.7 Å². The molecule has 0 radical (unpaired) electrons. The number of carbonyl (C=O) groups excluding carboxylic acids is 2. The van der Waals surface area contributed by atoms with Crippen LogP contribution in [0.25, 0.3) is 0 Å². The zero-order valence-electron chi connectivity index (χ0n) is 16.1. The summed E-state index contributed by atoms with van der Waals surface area (Å²) in [5.74, 6) is 0.771. The van der Waals surface area contributed by atoms with Gasteiger partial charge in [0.25, 0.3) is 5.91 Å². The van der Waals surface area contributed by atoms with Crippen LogP contribution >= 0.6 is 15.9 Å². The van der Waals surface area contributed by atoms with Crippen LogP contribution in [0.4, 0.5) is 5.69 Å². The van der Waals surface area contributed by atoms with Crippen molar-refractivity contribution < 1.29 is 19.1 Å². The first-order valence-corrected chi connectivity index (χ1v) is 9.56. The molecule has 144 valence electrons. The van der Waals surface area contributed by atoms with Crippen molar-refractivity contribution in [3.8, 4) is 11.5 Å². The van der Waals surface area contributed by atoms with Crippen LogP contribution in [0.1, 0.15) is 55.3 Å². The van der Waals surface area contributed by atoms with Gasteiger partial charge in [-0.3, -0.25) is 9.59 Å². The zero-order valence-corrected chi connectivity index (χ0v) is 17.7. The highest BCUT2D eigenvalue weighted by Crippen LogP contribution is 2.37. The lowest BCUT2D eigenvalue weighted by Crippen LogP contribution is -2.15. The molecule has 5 nitrogen and oxygen atoms in total. The Labute approximate surface area is 168 Å². The van der Waals surface area contributed by atoms with Gasteiger partial charge in [0.1, 0.15) is 16.0 Å². The molecule has 6 heteroatoms. The predicted octanol–water partition coefficient (Wildman–Crippen LogP) is 5.48. The van der Waals surface area contributed by atoms with Gasteiger partial charge in [-0.1, -0.05) is 0 Å². The molecule has 2 rings (SSSR count). The van der Waals surface area contributed by atoms with Crippen molar-refractivity contribution in [2.75, 3.05) is 5.32 Å². The molecule has 0 spiro atoms. The second-order valence-corrected chi connectivity index (χ2v) is 7.50. The first-order chi connectivity index (χ1) is 12.7. The highest BCUT2D eigenvalue weighted by molar-refractivity contribution is 9.10. The Morgan fingerprint density at radius 1 is 0.889 bits per heavy atom. The quantitative estimate of drug-likeness (QED) is 0.587. The third-order valence-electron chi connectivity index (χ3n) is 3.54. The van der Waals surface area contributed by atoms with Crippen LogP contribution in [0.2, 0.25) is 0 Å². The number of rotatable bonds is 7. The standard InChI is InChI=1S/C21H24BrNO4/c1-12(2)26-18-10-16(11-19(20(18)22)27-13(3)4)21(25)23-17-8-6-15(7-9-17)14(5)24/h6-13H,1-5H3,(H,23,25). The van der Waals surface area contributed by atoms with Gasteiger partial charge in [-0.05, 0) is 86.9 Å². The summed E-state index contributed by atoms with van der Waals surface area (Å²) in [6, 6.07) is 10.1. The number of nitrogens with one attached hydrogen (secondary N) is 1. The molecule has 0 heterocycles. The summed E-state index contributed by atoms with van der Waals surface area (Å²) in [4.78, 5) is 24.1. The van der Waals surface area contributed by atoms with Crippen LogP contribution < -0.4 is 14.8 Å². The topological polar surface area (TPSA) is 64.6 Å². The summed E-state index contributed by atoms with van der Waals surface area (Å²) in [6.07, 6.45) is -0.101. The first-order valence-electron chi connectivity index (χ1n) is 8.76. The molecule has 27 heavy (non-hydrogen) atoms. The molecule has 0 unspecified atom stereocenters. The Balaban J connectivity index is 2.31. The van der Waals surface area contributed by atoms with E-state index in [0.717, 1.165) is 0 Å². The zero-order chi connectivity index (χ0) is 20.1. The predicted molar refractivity (Wildman–Crippen MR) is 110 cm³/mol. The number of hydrogen-bond acceptors (Lipinski definition) is 4. The first kappa shape index (κ1) is 21.0. The molecule has 0 atom stereocenters. The average Bonchev–Trinajstić information content (AvgIpc) is 2.57. The highest BCUT2D eigenvalue weighted by atomic mass is 79.9. The number of amides is 1. The molecule has 0 aromatic heterocycles. The number of ether oxygens (including phenoxy) is 2. The number of ketones is 1. The van der Waals surface area contributed by atoms with Crippen LogP contribution in [0.15, 0.2) is 40.9 Å². The van der Waals surface area contributed by atoms with Crippen molar-refractivity contribution in [3.63, 3.8) is 0 Å². The fourth-order valence-electron chi connectivity index (χ4n) is 2.37. The van der Waals surface area contributed by atoms with Gasteiger partial charge in [-0.15, -0.1) is 0 Å². The van der Waals surface area contributed by atoms with Gasteiger partial charge >= 0.3 is 0 Å². The molecule has 0 aliphatic rings. The summed E-state index contributed by atoms with van der Waals surface area (Å²) in [5, 5.41) is 2.83. The summed E-state index contributed by atoms with van der Waals surface area (Å²) < 4.78 is 12.3. The van der Waals surface area contributed by atoms with Crippen molar-refractivity contribution in [3.05, 3.63) is 52.0 Å². The Morgan fingerprint density at radius 3 is 1.78 bits per heavy atom. The summed E-state index contributed by atoms with van der Waals surface area (Å²) in [7, 11) is 0. The Bertz CT molecular complexity index is 798. The molecule has 0 aliphatic heterocycles. The fourth-order valence-corrected chi connectivity index (χ4v) is 2.79. The van der Waals surface area contributed by atoms with Crippen LogP contribution in [-0.4, -0.2) is 23.9 Å². The number of halogens is 1. The van der Waals surface area contributed by atoms with Gasteiger partial charge in [0.2, 0.25) is 0 Å². The van der Waals surface area contributed by atoms with Crippen molar-refractivity contribution in [2.24, 2.45) is 0 Å². The number of anilines is 1. The third-order valence-corrected chi connectivity index (χ3v) is 4.32. The van der Waals surface area contributed by atoms with Gasteiger partial charge in [0.05, 0.1) is 12.2 Å². The fraction of sp³-hybridized carbons (Fsp3) is 0.333. The largest absolute Gasteiger partial charge is 0.490 e. The van der Waals surface area contributed by atoms with Gasteiger partial charge in [0.15, 0.2) is 5.78 Å². The smallest absolute Gasteiger partial charge is 0.255 e. The normalized spacial score (nSPS) is 10.8. The minimum absolute atomic E-state index is 0.0215. The maximum absolute atomic E-state index is 12.7. The lowest BCUT2D eigenvalue weighted by molar-refractivity contribution is 0.101. The molecule has 0 fully saturated rings. The van der Waals surface area contributed by atoms with E-state index in [-0.39, 0.29) is 23.9 Å². The van der Waals surface area contributed by atoms with Crippen LogP contribution in [0, 0.1) is 0 Å². The molecule has 0 saturated heterocycles. The summed E-state index contributed by atoms with van der Waals surface area (Å²) in [5.41, 5.74) is 1.61. The minimum atomic E-state index is -0.291. The summed E-state index contributed by atoms with van der Waals surface area (Å²) in [6.45, 7) is 9.16. The number of Topliss-reactive ketones (excluding diaryl/α,β-unsaturated/α-hetero) is 1. The van der Waals surface area contributed by atoms with Gasteiger partial charge in [-0.2, -0.15) is 0 Å². The van der Waals surface area contributed by atoms with E-state index in [2.05, 4.69) is 21.2 Å². The third kappa shape index (κ3) is 5.82. The Morgan fingerprint density at radius 2 is 1.37 bits per heavy atom. The van der Waals surface area contributed by atoms with Crippen molar-refractivity contribution >= 4 is 33.3 Å². The van der Waals surface area contributed by atoms with Crippen LogP contribution in [0.5, 0.6) is 11.5 Å². The number of hydrogen-bond donors (Lipinski definition) is 1. The lowest BCUT2D eigenvalue weighted by atomic mass is 10.1. The monoisotopic (exact) mass is 433 g/mol. The molecule has 0 bridgehead atoms. The molecular formula is C21H24BrNO4. The van der Waals surface area contributed by atoms with E-state index in [4.69, 9.17) is 9.47 Å². The van der Waals surface area contributed by atoms with E-state index in [1.165, 1.54) is 6.92 Å². The SMILES string of the molecule is CC(=O)c1ccc(NC(=O)c2cc(OC(C)C)c(Br)c(OC(C)C)c2)cc1. The van der Waals surface area contributed by atoms with Crippen molar-refractivity contribution in [1.29, 1.82) is 0 Å². The lowest BCUT2D eigenvalue weighted by Gasteiger charge is -2.18. The Hall–Kier alpha value is -2.34. The van der Waals surface area contributed by atoms with Crippen LogP contribution in [-0.2, 0) is 0 Å². The van der Waals surface area contributed by atoms with Gasteiger partial charge < -0.3 is 14.8 Å². The van der Waals surface area contributed by atoms with Crippen molar-refractivity contribution in [1.82, 2.24) is 0 Å². The molecule has 0 aliphatic carbocycles. The van der Waals surface area contributed by atoms with E-state index in [9.17, 15) is 9.59 Å². The summed E-state index contributed by atoms with van der Waals surface area (Å²) >= 11 is 3.50. The second-order valence-electron chi connectivity index (χ2n) is 6.71. The Kier molecular flexibility index (Phi) is 7.02. The van der Waals surface area contributed by atoms with E-state index in [0.29, 0.717) is 32.8 Å². The molecule has 2 aromatic rings. The molecule has 1 amide bonds. The minimum Gasteiger partial charge on any atom is -0.490 e. The molecule has 0 saturated carbocycles.